The number of nitrogens with zero attached hydrogens (tertiary/aromatic N) is 3. The molecule has 2 aromatic heterocycles. The van der Waals surface area contributed by atoms with Crippen LogP contribution in [0.15, 0.2) is 59.5 Å². The number of aryl methyl sites for hydroxylation is 2. The van der Waals surface area contributed by atoms with Crippen LogP contribution in [0.5, 0.6) is 5.88 Å². The normalized spacial score (nSPS) is 15.4. The van der Waals surface area contributed by atoms with Gasteiger partial charge in [-0.05, 0) is 67.4 Å². The Morgan fingerprint density at radius 3 is 2.27 bits per heavy atom. The van der Waals surface area contributed by atoms with E-state index in [4.69, 9.17) is 4.74 Å². The third kappa shape index (κ3) is 3.97. The second kappa shape index (κ2) is 7.72. The second-order valence-electron chi connectivity index (χ2n) is 8.41. The van der Waals surface area contributed by atoms with Gasteiger partial charge in [-0.25, -0.2) is 18.2 Å². The van der Waals surface area contributed by atoms with Gasteiger partial charge in [0.25, 0.3) is 11.5 Å². The van der Waals surface area contributed by atoms with Gasteiger partial charge in [0.15, 0.2) is 0 Å². The van der Waals surface area contributed by atoms with E-state index in [1.807, 2.05) is 26.0 Å². The molecule has 0 radical (unpaired) electrons. The molecule has 0 unspecified atom stereocenters. The van der Waals surface area contributed by atoms with Gasteiger partial charge in [0.05, 0.1) is 23.0 Å². The summed E-state index contributed by atoms with van der Waals surface area (Å²) in [6, 6.07) is 12.8. The lowest BCUT2D eigenvalue weighted by Crippen LogP contribution is -2.43. The number of aromatic nitrogens is 3. The average Bonchev–Trinajstić information content (AvgIpc) is 2.76. The zero-order valence-electron chi connectivity index (χ0n) is 18.0. The van der Waals surface area contributed by atoms with E-state index in [1.165, 1.54) is 29.1 Å². The first-order chi connectivity index (χ1) is 15.7. The highest BCUT2D eigenvalue weighted by atomic mass is 19.3. The lowest BCUT2D eigenvalue weighted by atomic mass is 9.91. The van der Waals surface area contributed by atoms with E-state index in [0.717, 1.165) is 11.1 Å². The summed E-state index contributed by atoms with van der Waals surface area (Å²) in [5, 5.41) is 5.73. The largest absolute Gasteiger partial charge is 0.474 e. The number of rotatable bonds is 4. The molecule has 0 amide bonds. The maximum atomic E-state index is 13.5. The zero-order valence-corrected chi connectivity index (χ0v) is 18.0. The molecule has 1 fully saturated rings. The minimum Gasteiger partial charge on any atom is -0.474 e. The van der Waals surface area contributed by atoms with Gasteiger partial charge in [0.1, 0.15) is 11.9 Å². The molecule has 1 aliphatic rings. The van der Waals surface area contributed by atoms with Gasteiger partial charge in [0, 0.05) is 29.9 Å². The Labute approximate surface area is 187 Å². The van der Waals surface area contributed by atoms with E-state index in [0.29, 0.717) is 27.7 Å². The number of halogens is 3. The predicted octanol–water partition coefficient (Wildman–Crippen LogP) is 5.38. The monoisotopic (exact) mass is 451 g/mol. The zero-order chi connectivity index (χ0) is 23.3. The van der Waals surface area contributed by atoms with Crippen molar-refractivity contribution < 1.29 is 17.9 Å². The molecule has 0 atom stereocenters. The maximum Gasteiger partial charge on any atom is 0.279 e. The minimum atomic E-state index is -2.68. The van der Waals surface area contributed by atoms with Crippen molar-refractivity contribution in [3.05, 3.63) is 82.0 Å². The van der Waals surface area contributed by atoms with Gasteiger partial charge in [-0.1, -0.05) is 0 Å². The van der Waals surface area contributed by atoms with Gasteiger partial charge in [-0.2, -0.15) is 9.78 Å². The van der Waals surface area contributed by atoms with Gasteiger partial charge in [0.2, 0.25) is 5.88 Å². The molecule has 0 N–H and O–H groups in total. The Morgan fingerprint density at radius 2 is 1.67 bits per heavy atom. The van der Waals surface area contributed by atoms with Crippen molar-refractivity contribution in [1.29, 1.82) is 0 Å². The summed E-state index contributed by atoms with van der Waals surface area (Å²) in [5.41, 5.74) is 3.24. The third-order valence-corrected chi connectivity index (χ3v) is 5.93. The van der Waals surface area contributed by atoms with E-state index in [2.05, 4.69) is 10.1 Å². The van der Waals surface area contributed by atoms with E-state index in [-0.39, 0.29) is 30.1 Å². The van der Waals surface area contributed by atoms with Crippen molar-refractivity contribution in [2.45, 2.75) is 38.7 Å². The van der Waals surface area contributed by atoms with Crippen molar-refractivity contribution in [3.8, 4) is 22.8 Å². The van der Waals surface area contributed by atoms with Gasteiger partial charge < -0.3 is 4.74 Å². The number of hydrogen-bond donors (Lipinski definition) is 0. The summed E-state index contributed by atoms with van der Waals surface area (Å²) in [6.07, 6.45) is 0.183. The molecular weight excluding hydrogens is 431 g/mol. The van der Waals surface area contributed by atoms with Crippen LogP contribution >= 0.6 is 0 Å². The highest BCUT2D eigenvalue weighted by molar-refractivity contribution is 5.95. The van der Waals surface area contributed by atoms with Crippen molar-refractivity contribution in [2.75, 3.05) is 0 Å². The van der Waals surface area contributed by atoms with E-state index >= 15 is 0 Å². The first-order valence-electron chi connectivity index (χ1n) is 10.5. The highest BCUT2D eigenvalue weighted by Crippen LogP contribution is 2.39. The van der Waals surface area contributed by atoms with Crippen LogP contribution < -0.4 is 10.3 Å². The fourth-order valence-corrected chi connectivity index (χ4v) is 3.93. The topological polar surface area (TPSA) is 57.0 Å². The van der Waals surface area contributed by atoms with E-state index in [1.54, 1.807) is 18.2 Å². The van der Waals surface area contributed by atoms with E-state index in [9.17, 15) is 18.0 Å². The SMILES string of the molecule is Cc1cc2c(-c3ccc(F)cc3)nn(-c3ccc(OC4CC(F)(F)C4)nc3)c(=O)c2cc1C. The highest BCUT2D eigenvalue weighted by Gasteiger charge is 2.47. The first-order valence-corrected chi connectivity index (χ1v) is 10.5. The predicted molar refractivity (Wildman–Crippen MR) is 119 cm³/mol. The maximum absolute atomic E-state index is 13.5. The summed E-state index contributed by atoms with van der Waals surface area (Å²) in [5.74, 6) is -2.84. The standard InChI is InChI=1S/C25H20F3N3O2/c1-14-9-20-21(10-15(14)2)24(32)31(30-23(20)16-3-5-17(26)6-4-16)18-7-8-22(29-13-18)33-19-11-25(27,28)12-19/h3-10,13,19H,11-12H2,1-2H3. The molecule has 0 spiro atoms. The lowest BCUT2D eigenvalue weighted by molar-refractivity contribution is -0.135. The van der Waals surface area contributed by atoms with Crippen LogP contribution in [0.4, 0.5) is 13.2 Å². The molecule has 2 heterocycles. The Bertz CT molecular complexity index is 1410. The second-order valence-corrected chi connectivity index (χ2v) is 8.41. The van der Waals surface area contributed by atoms with Crippen LogP contribution in [0.25, 0.3) is 27.7 Å². The quantitative estimate of drug-likeness (QED) is 0.418. The Balaban J connectivity index is 1.59. The fourth-order valence-electron chi connectivity index (χ4n) is 3.93. The Hall–Kier alpha value is -3.68. The Kier molecular flexibility index (Phi) is 4.96. The molecule has 1 saturated carbocycles. The fraction of sp³-hybridized carbons (Fsp3) is 0.240. The van der Waals surface area contributed by atoms with Crippen LogP contribution in [-0.2, 0) is 0 Å². The van der Waals surface area contributed by atoms with Crippen molar-refractivity contribution >= 4 is 10.8 Å². The summed E-state index contributed by atoms with van der Waals surface area (Å²) >= 11 is 0. The average molecular weight is 451 g/mol. The van der Waals surface area contributed by atoms with Crippen LogP contribution in [0.1, 0.15) is 24.0 Å². The number of hydrogen-bond acceptors (Lipinski definition) is 4. The lowest BCUT2D eigenvalue weighted by Gasteiger charge is -2.34. The molecule has 5 rings (SSSR count). The van der Waals surface area contributed by atoms with Crippen LogP contribution in [0, 0.1) is 19.7 Å². The molecule has 5 nitrogen and oxygen atoms in total. The number of alkyl halides is 2. The third-order valence-electron chi connectivity index (χ3n) is 5.93. The van der Waals surface area contributed by atoms with Gasteiger partial charge in [-0.3, -0.25) is 4.79 Å². The summed E-state index contributed by atoms with van der Waals surface area (Å²) in [7, 11) is 0. The molecule has 0 bridgehead atoms. The van der Waals surface area contributed by atoms with Crippen molar-refractivity contribution in [2.24, 2.45) is 0 Å². The summed E-state index contributed by atoms with van der Waals surface area (Å²) in [6.45, 7) is 3.88. The molecule has 168 valence electrons. The number of fused-ring (bicyclic) bond motifs is 1. The summed E-state index contributed by atoms with van der Waals surface area (Å²) < 4.78 is 46.3. The molecule has 8 heteroatoms. The number of benzene rings is 2. The molecule has 4 aromatic rings. The smallest absolute Gasteiger partial charge is 0.279 e. The molecular formula is C25H20F3N3O2. The molecule has 1 aliphatic carbocycles. The first kappa shape index (κ1) is 21.2. The Morgan fingerprint density at radius 1 is 1.00 bits per heavy atom. The van der Waals surface area contributed by atoms with Crippen molar-refractivity contribution in [3.63, 3.8) is 0 Å². The van der Waals surface area contributed by atoms with Gasteiger partial charge >= 0.3 is 0 Å². The number of pyridine rings is 1. The number of ether oxygens (including phenoxy) is 1. The van der Waals surface area contributed by atoms with Crippen LogP contribution in [0.3, 0.4) is 0 Å². The van der Waals surface area contributed by atoms with Crippen LogP contribution in [-0.4, -0.2) is 26.8 Å². The van der Waals surface area contributed by atoms with Crippen LogP contribution in [0.2, 0.25) is 0 Å². The minimum absolute atomic E-state index is 0.207. The van der Waals surface area contributed by atoms with Gasteiger partial charge in [-0.15, -0.1) is 0 Å². The van der Waals surface area contributed by atoms with E-state index < -0.39 is 12.0 Å². The molecule has 2 aromatic carbocycles. The summed E-state index contributed by atoms with van der Waals surface area (Å²) in [4.78, 5) is 17.5. The molecule has 0 saturated heterocycles. The molecule has 0 aliphatic heterocycles. The molecule has 33 heavy (non-hydrogen) atoms. The van der Waals surface area contributed by atoms with Crippen molar-refractivity contribution in [1.82, 2.24) is 14.8 Å².